The molecule has 0 atom stereocenters. The van der Waals surface area contributed by atoms with Gasteiger partial charge in [-0.1, -0.05) is 6.92 Å². The summed E-state index contributed by atoms with van der Waals surface area (Å²) in [6, 6.07) is 5.30. The number of hydrogen-bond acceptors (Lipinski definition) is 4. The normalized spacial score (nSPS) is 16.0. The highest BCUT2D eigenvalue weighted by molar-refractivity contribution is 6.39. The van der Waals surface area contributed by atoms with Crippen LogP contribution in [0.5, 0.6) is 0 Å². The lowest BCUT2D eigenvalue weighted by Gasteiger charge is -2.33. The van der Waals surface area contributed by atoms with Gasteiger partial charge >= 0.3 is 11.8 Å². The van der Waals surface area contributed by atoms with Gasteiger partial charge < -0.3 is 20.1 Å². The molecule has 1 saturated heterocycles. The molecular weight excluding hydrogens is 282 g/mol. The molecule has 2 aromatic rings. The third-order valence-electron chi connectivity index (χ3n) is 3.98. The number of benzene rings is 1. The van der Waals surface area contributed by atoms with Gasteiger partial charge in [-0.25, -0.2) is 4.98 Å². The highest BCUT2D eigenvalue weighted by Crippen LogP contribution is 2.15. The van der Waals surface area contributed by atoms with Crippen molar-refractivity contribution < 1.29 is 9.59 Å². The van der Waals surface area contributed by atoms with Gasteiger partial charge in [0.1, 0.15) is 0 Å². The highest BCUT2D eigenvalue weighted by atomic mass is 16.2. The van der Waals surface area contributed by atoms with Crippen molar-refractivity contribution in [2.75, 3.05) is 38.0 Å². The Morgan fingerprint density at radius 3 is 2.77 bits per heavy atom. The van der Waals surface area contributed by atoms with E-state index in [1.165, 1.54) is 0 Å². The molecule has 1 fully saturated rings. The van der Waals surface area contributed by atoms with E-state index in [2.05, 4.69) is 27.1 Å². The predicted octanol–water partition coefficient (Wildman–Crippen LogP) is 0.665. The molecule has 7 heteroatoms. The lowest BCUT2D eigenvalue weighted by Crippen LogP contribution is -2.51. The first-order valence-corrected chi connectivity index (χ1v) is 7.43. The summed E-state index contributed by atoms with van der Waals surface area (Å²) in [6.07, 6.45) is 1.59. The zero-order chi connectivity index (χ0) is 15.5. The Morgan fingerprint density at radius 1 is 1.27 bits per heavy atom. The molecule has 0 unspecified atom stereocenters. The fourth-order valence-corrected chi connectivity index (χ4v) is 2.61. The number of carbonyl (C=O) groups excluding carboxylic acids is 2. The molecule has 2 amide bonds. The number of amides is 2. The highest BCUT2D eigenvalue weighted by Gasteiger charge is 2.25. The van der Waals surface area contributed by atoms with Gasteiger partial charge in [-0.2, -0.15) is 0 Å². The molecule has 0 aliphatic carbocycles. The number of nitrogens with zero attached hydrogens (tertiary/aromatic N) is 3. The maximum absolute atomic E-state index is 12.2. The van der Waals surface area contributed by atoms with Crippen molar-refractivity contribution in [3.05, 3.63) is 24.5 Å². The average molecular weight is 301 g/mol. The fraction of sp³-hybridized carbons (Fsp3) is 0.400. The van der Waals surface area contributed by atoms with Crippen LogP contribution in [0, 0.1) is 0 Å². The number of fused-ring (bicyclic) bond motifs is 1. The Labute approximate surface area is 128 Å². The number of carbonyl (C=O) groups is 2. The molecule has 116 valence electrons. The van der Waals surface area contributed by atoms with E-state index in [0.717, 1.165) is 30.7 Å². The summed E-state index contributed by atoms with van der Waals surface area (Å²) in [7, 11) is 0. The molecule has 0 bridgehead atoms. The molecule has 0 spiro atoms. The first-order valence-electron chi connectivity index (χ1n) is 7.43. The largest absolute Gasteiger partial charge is 0.345 e. The zero-order valence-corrected chi connectivity index (χ0v) is 12.5. The van der Waals surface area contributed by atoms with Gasteiger partial charge in [-0.15, -0.1) is 0 Å². The van der Waals surface area contributed by atoms with E-state index in [9.17, 15) is 9.59 Å². The molecule has 1 aromatic heterocycles. The number of rotatable bonds is 2. The standard InChI is InChI=1S/C15H19N5O2/c1-2-19-5-7-20(8-6-19)15(22)14(21)18-11-3-4-12-13(9-11)17-10-16-12/h3-4,9-10H,2,5-8H2,1H3,(H,16,17)(H,18,21). The van der Waals surface area contributed by atoms with Crippen LogP contribution >= 0.6 is 0 Å². The van der Waals surface area contributed by atoms with Crippen LogP contribution in [-0.2, 0) is 9.59 Å². The topological polar surface area (TPSA) is 81.3 Å². The number of H-pyrrole nitrogens is 1. The van der Waals surface area contributed by atoms with E-state index >= 15 is 0 Å². The van der Waals surface area contributed by atoms with Crippen LogP contribution in [0.4, 0.5) is 5.69 Å². The quantitative estimate of drug-likeness (QED) is 0.799. The number of hydrogen-bond donors (Lipinski definition) is 2. The molecule has 22 heavy (non-hydrogen) atoms. The van der Waals surface area contributed by atoms with Crippen molar-refractivity contribution in [2.24, 2.45) is 0 Å². The number of aromatic nitrogens is 2. The van der Waals surface area contributed by atoms with E-state index in [0.29, 0.717) is 18.8 Å². The molecule has 2 heterocycles. The van der Waals surface area contributed by atoms with Crippen LogP contribution < -0.4 is 5.32 Å². The van der Waals surface area contributed by atoms with Crippen molar-refractivity contribution in [2.45, 2.75) is 6.92 Å². The minimum Gasteiger partial charge on any atom is -0.345 e. The Bertz CT molecular complexity index is 688. The third kappa shape index (κ3) is 2.94. The van der Waals surface area contributed by atoms with E-state index < -0.39 is 11.8 Å². The Kier molecular flexibility index (Phi) is 4.06. The summed E-state index contributed by atoms with van der Waals surface area (Å²) in [5.74, 6) is -1.07. The monoisotopic (exact) mass is 301 g/mol. The summed E-state index contributed by atoms with van der Waals surface area (Å²) >= 11 is 0. The molecule has 0 saturated carbocycles. The second-order valence-electron chi connectivity index (χ2n) is 5.32. The summed E-state index contributed by atoms with van der Waals surface area (Å²) in [6.45, 7) is 5.89. The van der Waals surface area contributed by atoms with Crippen molar-refractivity contribution in [1.29, 1.82) is 0 Å². The lowest BCUT2D eigenvalue weighted by molar-refractivity contribution is -0.144. The number of imidazole rings is 1. The van der Waals surface area contributed by atoms with Crippen molar-refractivity contribution in [1.82, 2.24) is 19.8 Å². The minimum absolute atomic E-state index is 0.472. The van der Waals surface area contributed by atoms with Gasteiger partial charge in [0.15, 0.2) is 0 Å². The number of piperazine rings is 1. The van der Waals surface area contributed by atoms with Gasteiger partial charge in [0.2, 0.25) is 0 Å². The Morgan fingerprint density at radius 2 is 2.05 bits per heavy atom. The van der Waals surface area contributed by atoms with Gasteiger partial charge in [0, 0.05) is 31.9 Å². The average Bonchev–Trinajstić information content (AvgIpc) is 3.02. The van der Waals surface area contributed by atoms with Crippen molar-refractivity contribution >= 4 is 28.5 Å². The smallest absolute Gasteiger partial charge is 0.313 e. The Hall–Kier alpha value is -2.41. The Balaban J connectivity index is 1.62. The fourth-order valence-electron chi connectivity index (χ4n) is 2.61. The van der Waals surface area contributed by atoms with Crippen molar-refractivity contribution in [3.8, 4) is 0 Å². The number of anilines is 1. The minimum atomic E-state index is -0.594. The first-order chi connectivity index (χ1) is 10.7. The molecule has 2 N–H and O–H groups in total. The van der Waals surface area contributed by atoms with Crippen LogP contribution in [-0.4, -0.2) is 64.3 Å². The summed E-state index contributed by atoms with van der Waals surface area (Å²) in [5.41, 5.74) is 2.23. The van der Waals surface area contributed by atoms with Crippen LogP contribution in [0.3, 0.4) is 0 Å². The van der Waals surface area contributed by atoms with Gasteiger partial charge in [-0.05, 0) is 24.7 Å². The number of nitrogens with one attached hydrogen (secondary N) is 2. The third-order valence-corrected chi connectivity index (χ3v) is 3.98. The van der Waals surface area contributed by atoms with Gasteiger partial charge in [0.05, 0.1) is 17.4 Å². The zero-order valence-electron chi connectivity index (χ0n) is 12.5. The van der Waals surface area contributed by atoms with E-state index in [1.54, 1.807) is 29.4 Å². The maximum Gasteiger partial charge on any atom is 0.313 e. The van der Waals surface area contributed by atoms with Crippen molar-refractivity contribution in [3.63, 3.8) is 0 Å². The molecule has 1 aliphatic rings. The molecule has 1 aliphatic heterocycles. The number of aromatic amines is 1. The predicted molar refractivity (Wildman–Crippen MR) is 83.4 cm³/mol. The molecule has 3 rings (SSSR count). The van der Waals surface area contributed by atoms with E-state index in [1.807, 2.05) is 0 Å². The van der Waals surface area contributed by atoms with Crippen LogP contribution in [0.15, 0.2) is 24.5 Å². The summed E-state index contributed by atoms with van der Waals surface area (Å²) in [4.78, 5) is 35.2. The van der Waals surface area contributed by atoms with Gasteiger partial charge in [0.25, 0.3) is 0 Å². The SMILES string of the molecule is CCN1CCN(C(=O)C(=O)Nc2ccc3nc[nH]c3c2)CC1. The summed E-state index contributed by atoms with van der Waals surface area (Å²) < 4.78 is 0. The second-order valence-corrected chi connectivity index (χ2v) is 5.32. The molecule has 1 aromatic carbocycles. The lowest BCUT2D eigenvalue weighted by atomic mass is 10.2. The molecular formula is C15H19N5O2. The summed E-state index contributed by atoms with van der Waals surface area (Å²) in [5, 5.41) is 2.65. The van der Waals surface area contributed by atoms with E-state index in [4.69, 9.17) is 0 Å². The van der Waals surface area contributed by atoms with Crippen LogP contribution in [0.1, 0.15) is 6.92 Å². The van der Waals surface area contributed by atoms with Gasteiger partial charge in [-0.3, -0.25) is 9.59 Å². The maximum atomic E-state index is 12.2. The number of likely N-dealkylation sites (N-methyl/N-ethyl adjacent to an activating group) is 1. The first kappa shape index (κ1) is 14.5. The molecule has 0 radical (unpaired) electrons. The second kappa shape index (κ2) is 6.15. The van der Waals surface area contributed by atoms with E-state index in [-0.39, 0.29) is 0 Å². The molecule has 7 nitrogen and oxygen atoms in total. The van der Waals surface area contributed by atoms with Crippen LogP contribution in [0.2, 0.25) is 0 Å². The van der Waals surface area contributed by atoms with Crippen LogP contribution in [0.25, 0.3) is 11.0 Å².